The fourth-order valence-electron chi connectivity index (χ4n) is 2.97. The number of pyridine rings is 1. The third kappa shape index (κ3) is 3.12. The van der Waals surface area contributed by atoms with Crippen LogP contribution in [0.3, 0.4) is 0 Å². The number of methoxy groups -OCH3 is 1. The predicted molar refractivity (Wildman–Crippen MR) is 86.9 cm³/mol. The summed E-state index contributed by atoms with van der Waals surface area (Å²) in [6, 6.07) is 6.43. The minimum atomic E-state index is -0.307. The fourth-order valence-corrected chi connectivity index (χ4v) is 2.97. The van der Waals surface area contributed by atoms with Crippen molar-refractivity contribution in [1.82, 2.24) is 9.88 Å². The molecule has 6 heteroatoms. The molecule has 5 nitrogen and oxygen atoms in total. The maximum absolute atomic E-state index is 13.7. The average molecular weight is 317 g/mol. The summed E-state index contributed by atoms with van der Waals surface area (Å²) in [5, 5.41) is 0.725. The number of fused-ring (bicyclic) bond motifs is 1. The van der Waals surface area contributed by atoms with Crippen molar-refractivity contribution in [2.24, 2.45) is 0 Å². The molecule has 1 aromatic carbocycles. The molecule has 1 aromatic heterocycles. The number of piperazine rings is 1. The first-order valence-corrected chi connectivity index (χ1v) is 7.73. The molecule has 1 aliphatic heterocycles. The molecule has 2 heterocycles. The first kappa shape index (κ1) is 15.7. The van der Waals surface area contributed by atoms with Crippen LogP contribution in [0.4, 0.5) is 10.1 Å². The first-order chi connectivity index (χ1) is 11.1. The fraction of sp³-hybridized carbons (Fsp3) is 0.412. The summed E-state index contributed by atoms with van der Waals surface area (Å²) in [5.41, 5.74) is 2.32. The molecule has 0 radical (unpaired) electrons. The zero-order valence-corrected chi connectivity index (χ0v) is 13.4. The molecule has 0 spiro atoms. The van der Waals surface area contributed by atoms with Crippen LogP contribution in [-0.2, 0) is 16.1 Å². The van der Waals surface area contributed by atoms with Gasteiger partial charge in [0.1, 0.15) is 5.82 Å². The molecule has 3 rings (SSSR count). The van der Waals surface area contributed by atoms with E-state index in [1.807, 2.05) is 22.8 Å². The quantitative estimate of drug-likeness (QED) is 0.867. The minimum absolute atomic E-state index is 0.0911. The van der Waals surface area contributed by atoms with Crippen LogP contribution < -0.4 is 4.90 Å². The number of carbonyl (C=O) groups excluding carboxylic acids is 1. The maximum atomic E-state index is 13.7. The Labute approximate surface area is 134 Å². The molecule has 0 unspecified atom stereocenters. The molecule has 1 amide bonds. The van der Waals surface area contributed by atoms with E-state index in [4.69, 9.17) is 4.74 Å². The lowest BCUT2D eigenvalue weighted by Crippen LogP contribution is -2.50. The SMILES string of the molecule is CCN1CCN(c2cc(COC)nc3ccc(F)cc23)CC1=O. The normalized spacial score (nSPS) is 15.5. The number of hydrogen-bond acceptors (Lipinski definition) is 4. The monoisotopic (exact) mass is 317 g/mol. The van der Waals surface area contributed by atoms with E-state index >= 15 is 0 Å². The van der Waals surface area contributed by atoms with Crippen LogP contribution in [0.5, 0.6) is 0 Å². The van der Waals surface area contributed by atoms with E-state index in [9.17, 15) is 9.18 Å². The van der Waals surface area contributed by atoms with Crippen molar-refractivity contribution in [2.45, 2.75) is 13.5 Å². The topological polar surface area (TPSA) is 45.7 Å². The molecule has 1 saturated heterocycles. The van der Waals surface area contributed by atoms with Gasteiger partial charge in [-0.3, -0.25) is 9.78 Å². The summed E-state index contributed by atoms with van der Waals surface area (Å²) in [7, 11) is 1.61. The Morgan fingerprint density at radius 2 is 2.13 bits per heavy atom. The second-order valence-corrected chi connectivity index (χ2v) is 5.62. The number of amides is 1. The van der Waals surface area contributed by atoms with Gasteiger partial charge in [-0.2, -0.15) is 0 Å². The smallest absolute Gasteiger partial charge is 0.242 e. The van der Waals surface area contributed by atoms with Gasteiger partial charge in [-0.25, -0.2) is 4.39 Å². The lowest BCUT2D eigenvalue weighted by molar-refractivity contribution is -0.130. The number of ether oxygens (including phenoxy) is 1. The van der Waals surface area contributed by atoms with Gasteiger partial charge in [-0.1, -0.05) is 0 Å². The van der Waals surface area contributed by atoms with E-state index in [0.29, 0.717) is 31.8 Å². The maximum Gasteiger partial charge on any atom is 0.242 e. The van der Waals surface area contributed by atoms with Crippen molar-refractivity contribution < 1.29 is 13.9 Å². The van der Waals surface area contributed by atoms with E-state index in [2.05, 4.69) is 4.98 Å². The summed E-state index contributed by atoms with van der Waals surface area (Å²) in [6.45, 7) is 4.77. The Hall–Kier alpha value is -2.21. The van der Waals surface area contributed by atoms with Crippen LogP contribution in [0.15, 0.2) is 24.3 Å². The summed E-state index contributed by atoms with van der Waals surface area (Å²) >= 11 is 0. The number of hydrogen-bond donors (Lipinski definition) is 0. The molecule has 2 aromatic rings. The number of rotatable bonds is 4. The zero-order chi connectivity index (χ0) is 16.4. The molecule has 1 aliphatic rings. The van der Waals surface area contributed by atoms with Crippen LogP contribution in [0.25, 0.3) is 10.9 Å². The zero-order valence-electron chi connectivity index (χ0n) is 13.4. The molecule has 122 valence electrons. The van der Waals surface area contributed by atoms with Crippen LogP contribution in [-0.4, -0.2) is 49.1 Å². The van der Waals surface area contributed by atoms with Gasteiger partial charge >= 0.3 is 0 Å². The number of carbonyl (C=O) groups is 1. The Morgan fingerprint density at radius 3 is 2.83 bits per heavy atom. The molecule has 0 N–H and O–H groups in total. The summed E-state index contributed by atoms with van der Waals surface area (Å²) in [5.74, 6) is -0.216. The molecular weight excluding hydrogens is 297 g/mol. The van der Waals surface area contributed by atoms with Crippen molar-refractivity contribution in [1.29, 1.82) is 0 Å². The highest BCUT2D eigenvalue weighted by atomic mass is 19.1. The van der Waals surface area contributed by atoms with E-state index in [-0.39, 0.29) is 11.7 Å². The Balaban J connectivity index is 2.04. The lowest BCUT2D eigenvalue weighted by atomic mass is 10.1. The van der Waals surface area contributed by atoms with Gasteiger partial charge in [0.25, 0.3) is 0 Å². The van der Waals surface area contributed by atoms with Gasteiger partial charge in [-0.15, -0.1) is 0 Å². The van der Waals surface area contributed by atoms with Crippen molar-refractivity contribution >= 4 is 22.5 Å². The van der Waals surface area contributed by atoms with Gasteiger partial charge in [0.15, 0.2) is 0 Å². The van der Waals surface area contributed by atoms with Crippen LogP contribution in [0, 0.1) is 5.82 Å². The summed E-state index contributed by atoms with van der Waals surface area (Å²) in [6.07, 6.45) is 0. The average Bonchev–Trinajstić information content (AvgIpc) is 2.54. The van der Waals surface area contributed by atoms with Gasteiger partial charge in [0.2, 0.25) is 5.91 Å². The largest absolute Gasteiger partial charge is 0.378 e. The van der Waals surface area contributed by atoms with Crippen molar-refractivity contribution in [3.05, 3.63) is 35.8 Å². The molecular formula is C17H20FN3O2. The van der Waals surface area contributed by atoms with Crippen molar-refractivity contribution in [3.8, 4) is 0 Å². The number of nitrogens with zero attached hydrogens (tertiary/aromatic N) is 3. The number of benzene rings is 1. The van der Waals surface area contributed by atoms with E-state index in [1.165, 1.54) is 12.1 Å². The van der Waals surface area contributed by atoms with Gasteiger partial charge in [-0.05, 0) is 31.2 Å². The molecule has 0 atom stereocenters. The van der Waals surface area contributed by atoms with Crippen LogP contribution in [0.2, 0.25) is 0 Å². The van der Waals surface area contributed by atoms with Gasteiger partial charge in [0, 0.05) is 37.8 Å². The highest BCUT2D eigenvalue weighted by Crippen LogP contribution is 2.29. The number of halogens is 1. The van der Waals surface area contributed by atoms with Crippen molar-refractivity contribution in [3.63, 3.8) is 0 Å². The summed E-state index contributed by atoms with van der Waals surface area (Å²) in [4.78, 5) is 20.5. The first-order valence-electron chi connectivity index (χ1n) is 7.73. The number of likely N-dealkylation sites (N-methyl/N-ethyl adjacent to an activating group) is 1. The van der Waals surface area contributed by atoms with Crippen molar-refractivity contribution in [2.75, 3.05) is 38.2 Å². The second kappa shape index (κ2) is 6.50. The molecule has 23 heavy (non-hydrogen) atoms. The standard InChI is InChI=1S/C17H20FN3O2/c1-3-20-6-7-21(10-17(20)22)16-9-13(11-23-2)19-15-5-4-12(18)8-14(15)16/h4-5,8-9H,3,6-7,10-11H2,1-2H3. The highest BCUT2D eigenvalue weighted by molar-refractivity contribution is 5.94. The predicted octanol–water partition coefficient (Wildman–Crippen LogP) is 2.19. The highest BCUT2D eigenvalue weighted by Gasteiger charge is 2.24. The molecule has 1 fully saturated rings. The second-order valence-electron chi connectivity index (χ2n) is 5.62. The van der Waals surface area contributed by atoms with Crippen LogP contribution in [0.1, 0.15) is 12.6 Å². The summed E-state index contributed by atoms with van der Waals surface area (Å²) < 4.78 is 18.8. The van der Waals surface area contributed by atoms with E-state index in [0.717, 1.165) is 23.3 Å². The molecule has 0 aliphatic carbocycles. The Morgan fingerprint density at radius 1 is 1.30 bits per heavy atom. The Kier molecular flexibility index (Phi) is 4.43. The van der Waals surface area contributed by atoms with Crippen LogP contribution >= 0.6 is 0 Å². The Bertz CT molecular complexity index is 735. The molecule has 0 bridgehead atoms. The lowest BCUT2D eigenvalue weighted by Gasteiger charge is -2.35. The minimum Gasteiger partial charge on any atom is -0.378 e. The number of aromatic nitrogens is 1. The number of anilines is 1. The van der Waals surface area contributed by atoms with Gasteiger partial charge < -0.3 is 14.5 Å². The van der Waals surface area contributed by atoms with E-state index < -0.39 is 0 Å². The van der Waals surface area contributed by atoms with E-state index in [1.54, 1.807) is 13.2 Å². The van der Waals surface area contributed by atoms with Gasteiger partial charge in [0.05, 0.1) is 24.4 Å². The third-order valence-electron chi connectivity index (χ3n) is 4.14. The molecule has 0 saturated carbocycles. The third-order valence-corrected chi connectivity index (χ3v) is 4.14.